The number of fused-ring (bicyclic) bond motifs is 9. The van der Waals surface area contributed by atoms with E-state index >= 15 is 0 Å². The normalized spacial score (nSPS) is 38.5. The Labute approximate surface area is 171 Å². The third-order valence-electron chi connectivity index (χ3n) is 8.25. The van der Waals surface area contributed by atoms with Gasteiger partial charge in [0.05, 0.1) is 10.7 Å². The molecule has 146 valence electrons. The Morgan fingerprint density at radius 3 is 2.96 bits per heavy atom. The standard InChI is InChI=1S/C24H28N2OS/c1-2-6-18-15(5-1)13-20-16-14-17-22(27-21(16)9-11-25(18)20)10-12-26-19-7-3-4-8-23(19)28-24(17)26/h3-4,7-8,10,15-16,18,20-21H,1-2,5-6,9,11-14H2. The van der Waals surface area contributed by atoms with Gasteiger partial charge in [-0.25, -0.2) is 0 Å². The van der Waals surface area contributed by atoms with E-state index in [1.807, 2.05) is 11.8 Å². The summed E-state index contributed by atoms with van der Waals surface area (Å²) in [4.78, 5) is 6.84. The van der Waals surface area contributed by atoms with Gasteiger partial charge in [0.2, 0.25) is 0 Å². The number of thioether (sulfide) groups is 1. The molecule has 0 bridgehead atoms. The lowest BCUT2D eigenvalue weighted by molar-refractivity contribution is -0.0454. The van der Waals surface area contributed by atoms with Crippen LogP contribution in [0.5, 0.6) is 0 Å². The van der Waals surface area contributed by atoms with Gasteiger partial charge in [-0.15, -0.1) is 0 Å². The summed E-state index contributed by atoms with van der Waals surface area (Å²) in [5.41, 5.74) is 2.87. The molecule has 3 nitrogen and oxygen atoms in total. The van der Waals surface area contributed by atoms with Gasteiger partial charge in [-0.2, -0.15) is 0 Å². The van der Waals surface area contributed by atoms with E-state index in [1.165, 1.54) is 78.4 Å². The van der Waals surface area contributed by atoms with Gasteiger partial charge in [-0.3, -0.25) is 4.90 Å². The molecule has 5 unspecified atom stereocenters. The number of allylic oxidation sites excluding steroid dienone is 1. The van der Waals surface area contributed by atoms with Crippen molar-refractivity contribution in [3.05, 3.63) is 46.7 Å². The average molecular weight is 393 g/mol. The predicted molar refractivity (Wildman–Crippen MR) is 113 cm³/mol. The second kappa shape index (κ2) is 6.06. The van der Waals surface area contributed by atoms with Crippen molar-refractivity contribution in [3.8, 4) is 0 Å². The van der Waals surface area contributed by atoms with E-state index in [0.717, 1.165) is 24.5 Å². The van der Waals surface area contributed by atoms with Gasteiger partial charge < -0.3 is 9.64 Å². The van der Waals surface area contributed by atoms with Gasteiger partial charge in [0.15, 0.2) is 0 Å². The molecule has 28 heavy (non-hydrogen) atoms. The van der Waals surface area contributed by atoms with Crippen LogP contribution in [0, 0.1) is 11.8 Å². The minimum Gasteiger partial charge on any atom is -0.490 e. The molecule has 4 heteroatoms. The lowest BCUT2D eigenvalue weighted by Gasteiger charge is -2.48. The number of benzene rings is 1. The Morgan fingerprint density at radius 2 is 1.96 bits per heavy atom. The zero-order valence-electron chi connectivity index (χ0n) is 16.3. The first-order chi connectivity index (χ1) is 13.9. The Kier molecular flexibility index (Phi) is 3.55. The van der Waals surface area contributed by atoms with Crippen LogP contribution in [0.15, 0.2) is 51.6 Å². The fourth-order valence-electron chi connectivity index (χ4n) is 7.05. The minimum absolute atomic E-state index is 0.442. The van der Waals surface area contributed by atoms with Gasteiger partial charge in [0.25, 0.3) is 0 Å². The van der Waals surface area contributed by atoms with Crippen LogP contribution >= 0.6 is 11.8 Å². The number of rotatable bonds is 0. The van der Waals surface area contributed by atoms with Crippen LogP contribution in [0.1, 0.15) is 44.9 Å². The van der Waals surface area contributed by atoms with Crippen molar-refractivity contribution in [1.82, 2.24) is 4.90 Å². The summed E-state index contributed by atoms with van der Waals surface area (Å²) in [6.45, 7) is 2.22. The van der Waals surface area contributed by atoms with Crippen molar-refractivity contribution in [1.29, 1.82) is 0 Å². The molecule has 1 aromatic rings. The Hall–Kier alpha value is -1.39. The van der Waals surface area contributed by atoms with Gasteiger partial charge in [0.1, 0.15) is 11.9 Å². The number of piperidine rings is 1. The van der Waals surface area contributed by atoms with E-state index in [2.05, 4.69) is 40.1 Å². The molecule has 0 spiro atoms. The molecule has 1 saturated carbocycles. The maximum absolute atomic E-state index is 6.70. The highest BCUT2D eigenvalue weighted by Gasteiger charge is 2.52. The quantitative estimate of drug-likeness (QED) is 0.606. The fourth-order valence-corrected chi connectivity index (χ4v) is 8.27. The van der Waals surface area contributed by atoms with Crippen molar-refractivity contribution in [2.45, 2.75) is 68.0 Å². The first-order valence-corrected chi connectivity index (χ1v) is 12.1. The average Bonchev–Trinajstić information content (AvgIpc) is 3.31. The Balaban J connectivity index is 1.23. The summed E-state index contributed by atoms with van der Waals surface area (Å²) in [5, 5.41) is 1.45. The summed E-state index contributed by atoms with van der Waals surface area (Å²) in [6.07, 6.45) is 12.5. The zero-order chi connectivity index (χ0) is 18.2. The monoisotopic (exact) mass is 392 g/mol. The molecule has 3 saturated heterocycles. The van der Waals surface area contributed by atoms with Crippen molar-refractivity contribution in [2.24, 2.45) is 11.8 Å². The van der Waals surface area contributed by atoms with Crippen LogP contribution in [0.2, 0.25) is 0 Å². The Morgan fingerprint density at radius 1 is 1.04 bits per heavy atom. The lowest BCUT2D eigenvalue weighted by Crippen LogP contribution is -2.53. The van der Waals surface area contributed by atoms with E-state index in [9.17, 15) is 0 Å². The maximum atomic E-state index is 6.70. The Bertz CT molecular complexity index is 892. The van der Waals surface area contributed by atoms with Crippen molar-refractivity contribution in [3.63, 3.8) is 0 Å². The van der Waals surface area contributed by atoms with E-state index in [4.69, 9.17) is 4.74 Å². The SMILES string of the molecule is C1=C2OC3CCN4C5CCCCC5CC4C3CC2=C2Sc3ccccc3N2C1. The highest BCUT2D eigenvalue weighted by atomic mass is 32.2. The fraction of sp³-hybridized carbons (Fsp3) is 0.583. The summed E-state index contributed by atoms with van der Waals surface area (Å²) < 4.78 is 6.70. The topological polar surface area (TPSA) is 15.7 Å². The zero-order valence-corrected chi connectivity index (χ0v) is 17.2. The first kappa shape index (κ1) is 16.4. The number of para-hydroxylation sites is 1. The molecular formula is C24H28N2OS. The van der Waals surface area contributed by atoms with E-state index < -0.39 is 0 Å². The molecule has 0 N–H and O–H groups in total. The van der Waals surface area contributed by atoms with Crippen LogP contribution < -0.4 is 4.90 Å². The molecule has 5 atom stereocenters. The molecule has 0 radical (unpaired) electrons. The lowest BCUT2D eigenvalue weighted by atomic mass is 9.78. The second-order valence-corrected chi connectivity index (χ2v) is 10.5. The smallest absolute Gasteiger partial charge is 0.123 e. The van der Waals surface area contributed by atoms with Crippen molar-refractivity contribution >= 4 is 17.4 Å². The number of anilines is 1. The van der Waals surface area contributed by atoms with E-state index in [0.29, 0.717) is 12.0 Å². The van der Waals surface area contributed by atoms with Crippen molar-refractivity contribution < 1.29 is 4.74 Å². The maximum Gasteiger partial charge on any atom is 0.123 e. The van der Waals surface area contributed by atoms with Crippen molar-refractivity contribution in [2.75, 3.05) is 18.0 Å². The summed E-state index contributed by atoms with van der Waals surface area (Å²) in [6, 6.07) is 10.5. The first-order valence-electron chi connectivity index (χ1n) is 11.3. The summed E-state index contributed by atoms with van der Waals surface area (Å²) in [5.74, 6) is 2.85. The minimum atomic E-state index is 0.442. The summed E-state index contributed by atoms with van der Waals surface area (Å²) >= 11 is 1.96. The van der Waals surface area contributed by atoms with Gasteiger partial charge in [-0.1, -0.05) is 36.7 Å². The highest BCUT2D eigenvalue weighted by Crippen LogP contribution is 2.55. The molecular weight excluding hydrogens is 364 g/mol. The van der Waals surface area contributed by atoms with Crippen LogP contribution in [0.25, 0.3) is 0 Å². The van der Waals surface area contributed by atoms with Crippen LogP contribution in [0.3, 0.4) is 0 Å². The van der Waals surface area contributed by atoms with Gasteiger partial charge in [-0.05, 0) is 56.2 Å². The van der Waals surface area contributed by atoms with Gasteiger partial charge in [0, 0.05) is 41.6 Å². The second-order valence-electron chi connectivity index (χ2n) is 9.50. The molecule has 5 aliphatic heterocycles. The predicted octanol–water partition coefficient (Wildman–Crippen LogP) is 5.15. The summed E-state index contributed by atoms with van der Waals surface area (Å²) in [7, 11) is 0. The number of hydrogen-bond acceptors (Lipinski definition) is 4. The number of ether oxygens (including phenoxy) is 1. The third kappa shape index (κ3) is 2.22. The van der Waals surface area contributed by atoms with Crippen LogP contribution in [-0.2, 0) is 4.74 Å². The highest BCUT2D eigenvalue weighted by molar-refractivity contribution is 8.03. The largest absolute Gasteiger partial charge is 0.490 e. The molecule has 7 rings (SSSR count). The molecule has 4 fully saturated rings. The molecule has 1 aliphatic carbocycles. The molecule has 5 heterocycles. The van der Waals surface area contributed by atoms with E-state index in [1.54, 1.807) is 0 Å². The molecule has 1 aromatic carbocycles. The van der Waals surface area contributed by atoms with Crippen LogP contribution in [-0.4, -0.2) is 36.2 Å². The van der Waals surface area contributed by atoms with Crippen LogP contribution in [0.4, 0.5) is 5.69 Å². The molecule has 6 aliphatic rings. The van der Waals surface area contributed by atoms with E-state index in [-0.39, 0.29) is 0 Å². The number of nitrogens with zero attached hydrogens (tertiary/aromatic N) is 2. The molecule has 0 aromatic heterocycles. The molecule has 0 amide bonds. The van der Waals surface area contributed by atoms with Gasteiger partial charge >= 0.3 is 0 Å². The third-order valence-corrected chi connectivity index (χ3v) is 9.47. The number of hydrogen-bond donors (Lipinski definition) is 0.